The van der Waals surface area contributed by atoms with Crippen LogP contribution in [0.15, 0.2) is 48.5 Å². The van der Waals surface area contributed by atoms with Gasteiger partial charge in [0, 0.05) is 12.6 Å². The molecule has 2 aromatic rings. The summed E-state index contributed by atoms with van der Waals surface area (Å²) in [4.78, 5) is 11.5. The fourth-order valence-corrected chi connectivity index (χ4v) is 1.84. The van der Waals surface area contributed by atoms with Crippen LogP contribution in [0.5, 0.6) is 11.5 Å². The molecule has 0 saturated carbocycles. The number of carbonyl (C=O) groups excluding carboxylic acids is 1. The van der Waals surface area contributed by atoms with Crippen LogP contribution < -0.4 is 10.1 Å². The topological polar surface area (TPSA) is 58.6 Å². The first-order chi connectivity index (χ1) is 9.69. The number of benzene rings is 2. The third-order valence-electron chi connectivity index (χ3n) is 2.91. The Morgan fingerprint density at radius 2 is 1.95 bits per heavy atom. The highest BCUT2D eigenvalue weighted by atomic mass is 16.5. The number of hydrogen-bond acceptors (Lipinski definition) is 3. The fourth-order valence-electron chi connectivity index (χ4n) is 1.84. The molecule has 2 N–H and O–H groups in total. The summed E-state index contributed by atoms with van der Waals surface area (Å²) < 4.78 is 5.73. The van der Waals surface area contributed by atoms with E-state index in [1.165, 1.54) is 0 Å². The molecule has 0 radical (unpaired) electrons. The van der Waals surface area contributed by atoms with E-state index in [9.17, 15) is 9.90 Å². The van der Waals surface area contributed by atoms with E-state index in [0.29, 0.717) is 17.9 Å². The Morgan fingerprint density at radius 3 is 2.65 bits per heavy atom. The monoisotopic (exact) mass is 271 g/mol. The van der Waals surface area contributed by atoms with Gasteiger partial charge in [-0.05, 0) is 23.8 Å². The van der Waals surface area contributed by atoms with Crippen LogP contribution in [0.25, 0.3) is 0 Å². The highest BCUT2D eigenvalue weighted by Crippen LogP contribution is 2.25. The van der Waals surface area contributed by atoms with Gasteiger partial charge in [-0.2, -0.15) is 0 Å². The molecule has 0 atom stereocenters. The number of nitrogens with one attached hydrogen (secondary N) is 1. The normalized spacial score (nSPS) is 10.1. The molecule has 20 heavy (non-hydrogen) atoms. The minimum absolute atomic E-state index is 0.121. The van der Waals surface area contributed by atoms with Crippen molar-refractivity contribution in [3.63, 3.8) is 0 Å². The third kappa shape index (κ3) is 3.75. The summed E-state index contributed by atoms with van der Waals surface area (Å²) in [5, 5.41) is 12.1. The molecule has 104 valence electrons. The largest absolute Gasteiger partial charge is 0.508 e. The summed E-state index contributed by atoms with van der Waals surface area (Å²) >= 11 is 0. The molecule has 0 spiro atoms. The molecule has 0 aliphatic carbocycles. The van der Waals surface area contributed by atoms with E-state index in [4.69, 9.17) is 4.74 Å². The number of likely N-dealkylation sites (N-methyl/N-ethyl adjacent to an activating group) is 1. The van der Waals surface area contributed by atoms with Gasteiger partial charge in [0.1, 0.15) is 18.1 Å². The maximum Gasteiger partial charge on any atom is 0.224 e. The maximum absolute atomic E-state index is 11.5. The highest BCUT2D eigenvalue weighted by molar-refractivity contribution is 5.79. The number of ether oxygens (including phenoxy) is 1. The molecule has 4 nitrogen and oxygen atoms in total. The summed E-state index contributed by atoms with van der Waals surface area (Å²) in [6, 6.07) is 14.6. The number of phenolic OH excluding ortho intramolecular Hbond substituents is 1. The van der Waals surface area contributed by atoms with Crippen molar-refractivity contribution in [3.8, 4) is 11.5 Å². The van der Waals surface area contributed by atoms with Crippen LogP contribution in [0.2, 0.25) is 0 Å². The number of rotatable bonds is 5. The molecule has 0 unspecified atom stereocenters. The van der Waals surface area contributed by atoms with Crippen LogP contribution in [0, 0.1) is 0 Å². The molecule has 2 aromatic carbocycles. The molecule has 1 amide bonds. The van der Waals surface area contributed by atoms with E-state index in [0.717, 1.165) is 5.56 Å². The first-order valence-corrected chi connectivity index (χ1v) is 6.38. The van der Waals surface area contributed by atoms with Gasteiger partial charge in [-0.15, -0.1) is 0 Å². The SMILES string of the molecule is CNC(=O)Cc1cc(O)ccc1OCc1ccccc1. The van der Waals surface area contributed by atoms with Crippen molar-refractivity contribution in [1.82, 2.24) is 5.32 Å². The van der Waals surface area contributed by atoms with Gasteiger partial charge < -0.3 is 15.2 Å². The molecule has 0 heterocycles. The lowest BCUT2D eigenvalue weighted by molar-refractivity contribution is -0.119. The van der Waals surface area contributed by atoms with E-state index in [-0.39, 0.29) is 18.1 Å². The zero-order valence-electron chi connectivity index (χ0n) is 11.3. The number of amides is 1. The van der Waals surface area contributed by atoms with E-state index >= 15 is 0 Å². The van der Waals surface area contributed by atoms with Gasteiger partial charge in [-0.1, -0.05) is 30.3 Å². The third-order valence-corrected chi connectivity index (χ3v) is 2.91. The van der Waals surface area contributed by atoms with Crippen molar-refractivity contribution in [2.24, 2.45) is 0 Å². The Balaban J connectivity index is 2.12. The van der Waals surface area contributed by atoms with Gasteiger partial charge in [0.25, 0.3) is 0 Å². The van der Waals surface area contributed by atoms with Crippen LogP contribution in [0.1, 0.15) is 11.1 Å². The summed E-state index contributed by atoms with van der Waals surface area (Å²) in [5.74, 6) is 0.603. The number of carbonyl (C=O) groups is 1. The van der Waals surface area contributed by atoms with Gasteiger partial charge in [0.15, 0.2) is 0 Å². The number of aromatic hydroxyl groups is 1. The summed E-state index contributed by atoms with van der Waals surface area (Å²) in [6.45, 7) is 0.423. The Kier molecular flexibility index (Phi) is 4.60. The predicted octanol–water partition coefficient (Wildman–Crippen LogP) is 2.26. The van der Waals surface area contributed by atoms with Crippen molar-refractivity contribution in [1.29, 1.82) is 0 Å². The zero-order chi connectivity index (χ0) is 14.4. The standard InChI is InChI=1S/C16H17NO3/c1-17-16(19)10-13-9-14(18)7-8-15(13)20-11-12-5-3-2-4-6-12/h2-9,18H,10-11H2,1H3,(H,17,19). The quantitative estimate of drug-likeness (QED) is 0.877. The van der Waals surface area contributed by atoms with Crippen molar-refractivity contribution in [2.75, 3.05) is 7.05 Å². The summed E-state index contributed by atoms with van der Waals surface area (Å²) in [7, 11) is 1.58. The molecular weight excluding hydrogens is 254 g/mol. The lowest BCUT2D eigenvalue weighted by Gasteiger charge is -2.11. The Morgan fingerprint density at radius 1 is 1.20 bits per heavy atom. The van der Waals surface area contributed by atoms with E-state index < -0.39 is 0 Å². The lowest BCUT2D eigenvalue weighted by Crippen LogP contribution is -2.20. The van der Waals surface area contributed by atoms with Crippen LogP contribution >= 0.6 is 0 Å². The van der Waals surface area contributed by atoms with Crippen molar-refractivity contribution in [2.45, 2.75) is 13.0 Å². The molecule has 0 aliphatic rings. The molecular formula is C16H17NO3. The number of phenols is 1. The van der Waals surface area contributed by atoms with Crippen LogP contribution in [0.4, 0.5) is 0 Å². The second-order valence-electron chi connectivity index (χ2n) is 4.42. The van der Waals surface area contributed by atoms with Gasteiger partial charge in [-0.3, -0.25) is 4.79 Å². The number of hydrogen-bond donors (Lipinski definition) is 2. The fraction of sp³-hybridized carbons (Fsp3) is 0.188. The minimum Gasteiger partial charge on any atom is -0.508 e. The van der Waals surface area contributed by atoms with E-state index in [2.05, 4.69) is 5.32 Å². The van der Waals surface area contributed by atoms with Crippen LogP contribution in [-0.4, -0.2) is 18.1 Å². The van der Waals surface area contributed by atoms with Crippen molar-refractivity contribution < 1.29 is 14.6 Å². The predicted molar refractivity (Wildman–Crippen MR) is 76.7 cm³/mol. The minimum atomic E-state index is -0.125. The van der Waals surface area contributed by atoms with Crippen LogP contribution in [-0.2, 0) is 17.8 Å². The van der Waals surface area contributed by atoms with Gasteiger partial charge in [-0.25, -0.2) is 0 Å². The lowest BCUT2D eigenvalue weighted by atomic mass is 10.1. The van der Waals surface area contributed by atoms with Crippen molar-refractivity contribution >= 4 is 5.91 Å². The molecule has 0 aromatic heterocycles. The van der Waals surface area contributed by atoms with Gasteiger partial charge in [0.05, 0.1) is 6.42 Å². The maximum atomic E-state index is 11.5. The van der Waals surface area contributed by atoms with E-state index in [1.54, 1.807) is 25.2 Å². The Hall–Kier alpha value is -2.49. The van der Waals surface area contributed by atoms with Gasteiger partial charge in [0.2, 0.25) is 5.91 Å². The molecule has 0 fully saturated rings. The first kappa shape index (κ1) is 13.9. The molecule has 0 bridgehead atoms. The smallest absolute Gasteiger partial charge is 0.224 e. The zero-order valence-corrected chi connectivity index (χ0v) is 11.3. The average molecular weight is 271 g/mol. The van der Waals surface area contributed by atoms with Crippen LogP contribution in [0.3, 0.4) is 0 Å². The highest BCUT2D eigenvalue weighted by Gasteiger charge is 2.09. The first-order valence-electron chi connectivity index (χ1n) is 6.38. The Labute approximate surface area is 118 Å². The molecule has 4 heteroatoms. The summed E-state index contributed by atoms with van der Waals surface area (Å²) in [5.41, 5.74) is 1.71. The van der Waals surface area contributed by atoms with E-state index in [1.807, 2.05) is 30.3 Å². The Bertz CT molecular complexity index is 582. The molecule has 0 aliphatic heterocycles. The molecule has 0 saturated heterocycles. The van der Waals surface area contributed by atoms with Gasteiger partial charge >= 0.3 is 0 Å². The average Bonchev–Trinajstić information content (AvgIpc) is 2.47. The summed E-state index contributed by atoms with van der Waals surface area (Å²) in [6.07, 6.45) is 0.176. The molecule has 2 rings (SSSR count). The van der Waals surface area contributed by atoms with Crippen molar-refractivity contribution in [3.05, 3.63) is 59.7 Å². The second kappa shape index (κ2) is 6.61. The second-order valence-corrected chi connectivity index (χ2v) is 4.42.